The lowest BCUT2D eigenvalue weighted by molar-refractivity contribution is 0.1000. The van der Waals surface area contributed by atoms with Crippen molar-refractivity contribution in [2.45, 2.75) is 65.3 Å². The SMILES string of the molecule is CCCc1c(-c2ccc3ccccc3n2)c(C(N)=O)c(C)n1CC1CCCCC1. The third kappa shape index (κ3) is 3.81. The number of rotatable bonds is 6. The molecule has 29 heavy (non-hydrogen) atoms. The first-order valence-electron chi connectivity index (χ1n) is 11.0. The van der Waals surface area contributed by atoms with Crippen molar-refractivity contribution in [1.29, 1.82) is 0 Å². The van der Waals surface area contributed by atoms with E-state index in [4.69, 9.17) is 10.7 Å². The Morgan fingerprint density at radius 3 is 2.62 bits per heavy atom. The van der Waals surface area contributed by atoms with Gasteiger partial charge in [0.15, 0.2) is 0 Å². The minimum absolute atomic E-state index is 0.354. The maximum absolute atomic E-state index is 12.5. The van der Waals surface area contributed by atoms with Crippen molar-refractivity contribution in [2.24, 2.45) is 11.7 Å². The van der Waals surface area contributed by atoms with Crippen LogP contribution in [-0.2, 0) is 13.0 Å². The van der Waals surface area contributed by atoms with Crippen LogP contribution < -0.4 is 5.73 Å². The maximum atomic E-state index is 12.5. The van der Waals surface area contributed by atoms with Gasteiger partial charge in [-0.3, -0.25) is 4.79 Å². The molecule has 0 atom stereocenters. The summed E-state index contributed by atoms with van der Waals surface area (Å²) in [7, 11) is 0. The van der Waals surface area contributed by atoms with Gasteiger partial charge in [0.25, 0.3) is 5.91 Å². The minimum Gasteiger partial charge on any atom is -0.366 e. The molecule has 0 radical (unpaired) electrons. The minimum atomic E-state index is -0.354. The van der Waals surface area contributed by atoms with Crippen molar-refractivity contribution in [3.05, 3.63) is 53.3 Å². The standard InChI is InChI=1S/C25H31N3O/c1-3-9-22-24(21-15-14-19-12-7-8-13-20(19)27-21)23(25(26)29)17(2)28(22)16-18-10-5-4-6-11-18/h7-8,12-15,18H,3-6,9-11,16H2,1-2H3,(H2,26,29). The van der Waals surface area contributed by atoms with Crippen molar-refractivity contribution in [3.8, 4) is 11.3 Å². The van der Waals surface area contributed by atoms with Crippen LogP contribution in [-0.4, -0.2) is 15.5 Å². The van der Waals surface area contributed by atoms with Gasteiger partial charge in [-0.25, -0.2) is 4.98 Å². The maximum Gasteiger partial charge on any atom is 0.251 e. The van der Waals surface area contributed by atoms with E-state index in [1.54, 1.807) is 0 Å². The first kappa shape index (κ1) is 19.7. The Morgan fingerprint density at radius 2 is 1.90 bits per heavy atom. The normalized spacial score (nSPS) is 15.1. The predicted molar refractivity (Wildman–Crippen MR) is 119 cm³/mol. The average Bonchev–Trinajstić information content (AvgIpc) is 3.00. The summed E-state index contributed by atoms with van der Waals surface area (Å²) in [5.74, 6) is 0.329. The van der Waals surface area contributed by atoms with Crippen LogP contribution >= 0.6 is 0 Å². The van der Waals surface area contributed by atoms with E-state index < -0.39 is 0 Å². The molecule has 1 aliphatic rings. The van der Waals surface area contributed by atoms with Crippen LogP contribution in [0.2, 0.25) is 0 Å². The Kier molecular flexibility index (Phi) is 5.70. The summed E-state index contributed by atoms with van der Waals surface area (Å²) in [5.41, 5.74) is 11.5. The number of nitrogens with two attached hydrogens (primary N) is 1. The third-order valence-corrected chi connectivity index (χ3v) is 6.38. The van der Waals surface area contributed by atoms with E-state index in [1.807, 2.05) is 31.2 Å². The molecule has 4 nitrogen and oxygen atoms in total. The fourth-order valence-corrected chi connectivity index (χ4v) is 4.95. The summed E-state index contributed by atoms with van der Waals surface area (Å²) >= 11 is 0. The molecule has 1 aliphatic carbocycles. The molecule has 0 bridgehead atoms. The lowest BCUT2D eigenvalue weighted by atomic mass is 9.89. The first-order valence-corrected chi connectivity index (χ1v) is 11.0. The van der Waals surface area contributed by atoms with Crippen LogP contribution in [0.15, 0.2) is 36.4 Å². The zero-order chi connectivity index (χ0) is 20.4. The number of benzene rings is 1. The molecule has 152 valence electrons. The van der Waals surface area contributed by atoms with Gasteiger partial charge in [0.2, 0.25) is 0 Å². The van der Waals surface area contributed by atoms with Gasteiger partial charge in [0.05, 0.1) is 16.8 Å². The number of carbonyl (C=O) groups is 1. The van der Waals surface area contributed by atoms with E-state index in [0.717, 1.165) is 47.2 Å². The van der Waals surface area contributed by atoms with Crippen molar-refractivity contribution in [2.75, 3.05) is 0 Å². The Labute approximate surface area is 173 Å². The molecule has 0 saturated heterocycles. The Hall–Kier alpha value is -2.62. The van der Waals surface area contributed by atoms with Gasteiger partial charge in [-0.05, 0) is 44.2 Å². The number of hydrogen-bond acceptors (Lipinski definition) is 2. The van der Waals surface area contributed by atoms with Crippen molar-refractivity contribution < 1.29 is 4.79 Å². The van der Waals surface area contributed by atoms with Gasteiger partial charge >= 0.3 is 0 Å². The molecule has 2 aromatic heterocycles. The number of fused-ring (bicyclic) bond motifs is 1. The third-order valence-electron chi connectivity index (χ3n) is 6.38. The van der Waals surface area contributed by atoms with E-state index in [1.165, 1.54) is 37.8 Å². The highest BCUT2D eigenvalue weighted by Gasteiger charge is 2.27. The molecule has 2 N–H and O–H groups in total. The zero-order valence-corrected chi connectivity index (χ0v) is 17.6. The molecule has 1 fully saturated rings. The number of amides is 1. The van der Waals surface area contributed by atoms with Crippen LogP contribution in [0, 0.1) is 12.8 Å². The highest BCUT2D eigenvalue weighted by Crippen LogP contribution is 2.35. The number of nitrogens with zero attached hydrogens (tertiary/aromatic N) is 2. The molecular weight excluding hydrogens is 358 g/mol. The van der Waals surface area contributed by atoms with Crippen LogP contribution in [0.3, 0.4) is 0 Å². The van der Waals surface area contributed by atoms with E-state index >= 15 is 0 Å². The number of pyridine rings is 1. The van der Waals surface area contributed by atoms with Gasteiger partial charge in [0, 0.05) is 28.9 Å². The summed E-state index contributed by atoms with van der Waals surface area (Å²) in [6.07, 6.45) is 8.47. The monoisotopic (exact) mass is 389 g/mol. The lowest BCUT2D eigenvalue weighted by Crippen LogP contribution is -2.18. The second kappa shape index (κ2) is 8.40. The predicted octanol–water partition coefficient (Wildman–Crippen LogP) is 5.64. The summed E-state index contributed by atoms with van der Waals surface area (Å²) < 4.78 is 2.38. The number of para-hydroxylation sites is 1. The topological polar surface area (TPSA) is 60.9 Å². The van der Waals surface area contributed by atoms with Crippen LogP contribution in [0.25, 0.3) is 22.2 Å². The largest absolute Gasteiger partial charge is 0.366 e. The van der Waals surface area contributed by atoms with Crippen LogP contribution in [0.4, 0.5) is 0 Å². The molecule has 0 spiro atoms. The Morgan fingerprint density at radius 1 is 1.14 bits per heavy atom. The Bertz CT molecular complexity index is 1030. The van der Waals surface area contributed by atoms with Crippen LogP contribution in [0.1, 0.15) is 67.2 Å². The van der Waals surface area contributed by atoms with Crippen molar-refractivity contribution >= 4 is 16.8 Å². The lowest BCUT2D eigenvalue weighted by Gasteiger charge is -2.24. The summed E-state index contributed by atoms with van der Waals surface area (Å²) in [4.78, 5) is 17.4. The molecule has 1 amide bonds. The van der Waals surface area contributed by atoms with E-state index in [0.29, 0.717) is 11.5 Å². The molecule has 3 aromatic rings. The summed E-state index contributed by atoms with van der Waals surface area (Å²) in [5, 5.41) is 1.10. The number of hydrogen-bond donors (Lipinski definition) is 1. The zero-order valence-electron chi connectivity index (χ0n) is 17.6. The number of carbonyl (C=O) groups excluding carboxylic acids is 1. The van der Waals surface area contributed by atoms with Crippen molar-refractivity contribution in [3.63, 3.8) is 0 Å². The summed E-state index contributed by atoms with van der Waals surface area (Å²) in [6.45, 7) is 5.22. The number of primary amides is 1. The van der Waals surface area contributed by atoms with E-state index in [-0.39, 0.29) is 5.91 Å². The molecule has 4 heteroatoms. The molecule has 0 unspecified atom stereocenters. The molecular formula is C25H31N3O. The first-order chi connectivity index (χ1) is 14.1. The van der Waals surface area contributed by atoms with Gasteiger partial charge in [0.1, 0.15) is 0 Å². The summed E-state index contributed by atoms with van der Waals surface area (Å²) in [6, 6.07) is 12.2. The van der Waals surface area contributed by atoms with Gasteiger partial charge in [-0.2, -0.15) is 0 Å². The van der Waals surface area contributed by atoms with E-state index in [9.17, 15) is 4.79 Å². The molecule has 1 saturated carbocycles. The van der Waals surface area contributed by atoms with Crippen molar-refractivity contribution in [1.82, 2.24) is 9.55 Å². The second-order valence-electron chi connectivity index (χ2n) is 8.40. The van der Waals surface area contributed by atoms with Gasteiger partial charge in [-0.15, -0.1) is 0 Å². The molecule has 0 aliphatic heterocycles. The fraction of sp³-hybridized carbons (Fsp3) is 0.440. The van der Waals surface area contributed by atoms with E-state index in [2.05, 4.69) is 23.6 Å². The van der Waals surface area contributed by atoms with Gasteiger partial charge in [-0.1, -0.05) is 56.9 Å². The quantitative estimate of drug-likeness (QED) is 0.593. The smallest absolute Gasteiger partial charge is 0.251 e. The fourth-order valence-electron chi connectivity index (χ4n) is 4.95. The molecule has 2 heterocycles. The van der Waals surface area contributed by atoms with Crippen LogP contribution in [0.5, 0.6) is 0 Å². The number of aromatic nitrogens is 2. The average molecular weight is 390 g/mol. The highest BCUT2D eigenvalue weighted by molar-refractivity contribution is 6.02. The molecule has 4 rings (SSSR count). The second-order valence-corrected chi connectivity index (χ2v) is 8.40. The molecule has 1 aromatic carbocycles. The Balaban J connectivity index is 1.88. The van der Waals surface area contributed by atoms with Gasteiger partial charge < -0.3 is 10.3 Å². The highest BCUT2D eigenvalue weighted by atomic mass is 16.1.